The molecule has 0 saturated carbocycles. The fraction of sp³-hybridized carbons (Fsp3) is 0.846. The van der Waals surface area contributed by atoms with Crippen LogP contribution in [0.15, 0.2) is 0 Å². The molecule has 2 rings (SSSR count). The summed E-state index contributed by atoms with van der Waals surface area (Å²) in [5.41, 5.74) is 0. The van der Waals surface area contributed by atoms with Gasteiger partial charge in [-0.2, -0.15) is 0 Å². The summed E-state index contributed by atoms with van der Waals surface area (Å²) in [6.45, 7) is 5.75. The summed E-state index contributed by atoms with van der Waals surface area (Å²) in [4.78, 5) is 26.6. The van der Waals surface area contributed by atoms with Crippen LogP contribution < -0.4 is 5.32 Å². The Balaban J connectivity index is 1.61. The van der Waals surface area contributed by atoms with Crippen molar-refractivity contribution in [1.82, 2.24) is 15.1 Å². The molecule has 0 aromatic carbocycles. The van der Waals surface area contributed by atoms with Crippen LogP contribution in [-0.4, -0.2) is 92.1 Å². The first-order chi connectivity index (χ1) is 10.2. The van der Waals surface area contributed by atoms with Gasteiger partial charge in [0.2, 0.25) is 0 Å². The lowest BCUT2D eigenvalue weighted by molar-refractivity contribution is -0.154. The van der Waals surface area contributed by atoms with E-state index in [2.05, 4.69) is 10.2 Å². The van der Waals surface area contributed by atoms with E-state index in [1.165, 1.54) is 4.90 Å². The molecule has 0 aromatic rings. The lowest BCUT2D eigenvalue weighted by Crippen LogP contribution is -2.52. The van der Waals surface area contributed by atoms with Crippen LogP contribution in [0.5, 0.6) is 0 Å². The second kappa shape index (κ2) is 8.16. The molecule has 0 bridgehead atoms. The van der Waals surface area contributed by atoms with Gasteiger partial charge in [0, 0.05) is 26.2 Å². The molecule has 8 nitrogen and oxygen atoms in total. The molecule has 0 aliphatic carbocycles. The number of nitrogens with zero attached hydrogens (tertiary/aromatic N) is 2. The maximum Gasteiger partial charge on any atom is 0.334 e. The number of urea groups is 1. The van der Waals surface area contributed by atoms with Gasteiger partial charge in [-0.15, -0.1) is 0 Å². The number of aliphatic carboxylic acids is 1. The fourth-order valence-corrected chi connectivity index (χ4v) is 2.42. The van der Waals surface area contributed by atoms with Gasteiger partial charge >= 0.3 is 12.0 Å². The van der Waals surface area contributed by atoms with Gasteiger partial charge in [0.25, 0.3) is 0 Å². The van der Waals surface area contributed by atoms with E-state index in [0.717, 1.165) is 39.3 Å². The fourth-order valence-electron chi connectivity index (χ4n) is 2.42. The number of carbonyl (C=O) groups excluding carboxylic acids is 1. The zero-order valence-electron chi connectivity index (χ0n) is 12.1. The van der Waals surface area contributed by atoms with Crippen molar-refractivity contribution < 1.29 is 24.2 Å². The zero-order valence-corrected chi connectivity index (χ0v) is 12.1. The quantitative estimate of drug-likeness (QED) is 0.646. The van der Waals surface area contributed by atoms with E-state index in [4.69, 9.17) is 14.6 Å². The summed E-state index contributed by atoms with van der Waals surface area (Å²) in [5, 5.41) is 11.7. The summed E-state index contributed by atoms with van der Waals surface area (Å²) >= 11 is 0. The highest BCUT2D eigenvalue weighted by Gasteiger charge is 2.28. The number of hydrogen-bond acceptors (Lipinski definition) is 5. The number of ether oxygens (including phenoxy) is 2. The molecule has 1 atom stereocenters. The molecule has 21 heavy (non-hydrogen) atoms. The standard InChI is InChI=1S/C13H23N3O5/c17-12(18)11-10-16(6-9-21-11)13(19)14-2-1-3-15-4-7-20-8-5-15/h11H,1-10H2,(H,14,19)(H,17,18). The number of carbonyl (C=O) groups is 2. The van der Waals surface area contributed by atoms with Gasteiger partial charge in [-0.05, 0) is 13.0 Å². The molecular weight excluding hydrogens is 278 g/mol. The van der Waals surface area contributed by atoms with Crippen LogP contribution in [0.25, 0.3) is 0 Å². The Hall–Kier alpha value is -1.38. The zero-order chi connectivity index (χ0) is 15.1. The number of amides is 2. The Labute approximate surface area is 124 Å². The summed E-state index contributed by atoms with van der Waals surface area (Å²) in [5.74, 6) is -1.03. The highest BCUT2D eigenvalue weighted by Crippen LogP contribution is 2.05. The number of carboxylic acids is 1. The van der Waals surface area contributed by atoms with E-state index in [9.17, 15) is 9.59 Å². The van der Waals surface area contributed by atoms with Crippen molar-refractivity contribution >= 4 is 12.0 Å². The minimum atomic E-state index is -1.03. The molecule has 8 heteroatoms. The lowest BCUT2D eigenvalue weighted by atomic mass is 10.3. The van der Waals surface area contributed by atoms with Gasteiger partial charge in [0.15, 0.2) is 6.10 Å². The molecule has 120 valence electrons. The molecular formula is C13H23N3O5. The normalized spacial score (nSPS) is 23.8. The molecule has 2 N–H and O–H groups in total. The van der Waals surface area contributed by atoms with Gasteiger partial charge < -0.3 is 24.8 Å². The molecule has 0 radical (unpaired) electrons. The van der Waals surface area contributed by atoms with Crippen LogP contribution in [-0.2, 0) is 14.3 Å². The maximum atomic E-state index is 12.0. The predicted octanol–water partition coefficient (Wildman–Crippen LogP) is -0.796. The number of hydrogen-bond donors (Lipinski definition) is 2. The van der Waals surface area contributed by atoms with Gasteiger partial charge in [-0.25, -0.2) is 9.59 Å². The van der Waals surface area contributed by atoms with E-state index in [-0.39, 0.29) is 19.2 Å². The number of carboxylic acid groups (broad SMARTS) is 1. The highest BCUT2D eigenvalue weighted by atomic mass is 16.5. The molecule has 0 aromatic heterocycles. The van der Waals surface area contributed by atoms with Crippen LogP contribution >= 0.6 is 0 Å². The molecule has 2 heterocycles. The number of nitrogens with one attached hydrogen (secondary N) is 1. The Morgan fingerprint density at radius 1 is 1.19 bits per heavy atom. The third kappa shape index (κ3) is 5.14. The molecule has 0 spiro atoms. The van der Waals surface area contributed by atoms with Crippen molar-refractivity contribution in [3.8, 4) is 0 Å². The number of morpholine rings is 2. The van der Waals surface area contributed by atoms with E-state index >= 15 is 0 Å². The van der Waals surface area contributed by atoms with Crippen molar-refractivity contribution in [2.75, 3.05) is 59.1 Å². The third-order valence-electron chi connectivity index (χ3n) is 3.66. The third-order valence-corrected chi connectivity index (χ3v) is 3.66. The Morgan fingerprint density at radius 3 is 2.67 bits per heavy atom. The summed E-state index contributed by atoms with van der Waals surface area (Å²) in [6.07, 6.45) is -0.0452. The van der Waals surface area contributed by atoms with Crippen molar-refractivity contribution in [1.29, 1.82) is 0 Å². The van der Waals surface area contributed by atoms with E-state index in [1.807, 2.05) is 0 Å². The highest BCUT2D eigenvalue weighted by molar-refractivity contribution is 5.77. The van der Waals surface area contributed by atoms with Crippen molar-refractivity contribution in [3.63, 3.8) is 0 Å². The minimum Gasteiger partial charge on any atom is -0.479 e. The Bertz CT molecular complexity index is 360. The lowest BCUT2D eigenvalue weighted by Gasteiger charge is -2.31. The molecule has 2 amide bonds. The van der Waals surface area contributed by atoms with Gasteiger partial charge in [0.05, 0.1) is 26.4 Å². The van der Waals surface area contributed by atoms with Crippen LogP contribution in [0.4, 0.5) is 4.79 Å². The van der Waals surface area contributed by atoms with Crippen molar-refractivity contribution in [2.24, 2.45) is 0 Å². The summed E-state index contributed by atoms with van der Waals surface area (Å²) in [7, 11) is 0. The molecule has 2 fully saturated rings. The second-order valence-corrected chi connectivity index (χ2v) is 5.18. The largest absolute Gasteiger partial charge is 0.479 e. The van der Waals surface area contributed by atoms with Gasteiger partial charge in [-0.1, -0.05) is 0 Å². The predicted molar refractivity (Wildman–Crippen MR) is 74.2 cm³/mol. The monoisotopic (exact) mass is 301 g/mol. The molecule has 2 saturated heterocycles. The van der Waals surface area contributed by atoms with Gasteiger partial charge in [-0.3, -0.25) is 4.90 Å². The first-order valence-corrected chi connectivity index (χ1v) is 7.34. The topological polar surface area (TPSA) is 91.3 Å². The van der Waals surface area contributed by atoms with Crippen LogP contribution in [0.2, 0.25) is 0 Å². The molecule has 2 aliphatic heterocycles. The number of rotatable bonds is 5. The minimum absolute atomic E-state index is 0.102. The first-order valence-electron chi connectivity index (χ1n) is 7.34. The Kier molecular flexibility index (Phi) is 6.21. The molecule has 2 aliphatic rings. The van der Waals surface area contributed by atoms with Crippen molar-refractivity contribution in [2.45, 2.75) is 12.5 Å². The SMILES string of the molecule is O=C(O)C1CN(C(=O)NCCCN2CCOCC2)CCO1. The smallest absolute Gasteiger partial charge is 0.334 e. The van der Waals surface area contributed by atoms with Gasteiger partial charge in [0.1, 0.15) is 0 Å². The van der Waals surface area contributed by atoms with Crippen LogP contribution in [0.1, 0.15) is 6.42 Å². The second-order valence-electron chi connectivity index (χ2n) is 5.18. The van der Waals surface area contributed by atoms with E-state index < -0.39 is 12.1 Å². The summed E-state index contributed by atoms with van der Waals surface area (Å²) in [6, 6.07) is -0.216. The Morgan fingerprint density at radius 2 is 1.95 bits per heavy atom. The van der Waals surface area contributed by atoms with Crippen molar-refractivity contribution in [3.05, 3.63) is 0 Å². The average Bonchev–Trinajstić information content (AvgIpc) is 2.52. The van der Waals surface area contributed by atoms with Crippen LogP contribution in [0.3, 0.4) is 0 Å². The van der Waals surface area contributed by atoms with E-state index in [0.29, 0.717) is 13.1 Å². The molecule has 1 unspecified atom stereocenters. The van der Waals surface area contributed by atoms with Crippen LogP contribution in [0, 0.1) is 0 Å². The van der Waals surface area contributed by atoms with E-state index in [1.54, 1.807) is 0 Å². The average molecular weight is 301 g/mol. The summed E-state index contributed by atoms with van der Waals surface area (Å²) < 4.78 is 10.4. The first kappa shape index (κ1) is 16.0. The maximum absolute atomic E-state index is 12.0.